The van der Waals surface area contributed by atoms with Crippen molar-refractivity contribution in [1.82, 2.24) is 10.3 Å². The molecule has 0 unspecified atom stereocenters. The van der Waals surface area contributed by atoms with Gasteiger partial charge in [-0.3, -0.25) is 4.79 Å². The van der Waals surface area contributed by atoms with Gasteiger partial charge in [0.1, 0.15) is 18.8 Å². The number of hydrogen-bond donors (Lipinski definition) is 2. The van der Waals surface area contributed by atoms with Crippen LogP contribution in [-0.4, -0.2) is 29.1 Å². The maximum Gasteiger partial charge on any atom is 0.408 e. The van der Waals surface area contributed by atoms with E-state index >= 15 is 0 Å². The monoisotopic (exact) mass is 369 g/mol. The number of pyridine rings is 1. The highest BCUT2D eigenvalue weighted by atomic mass is 16.5. The fourth-order valence-corrected chi connectivity index (χ4v) is 2.04. The molecule has 2 rings (SSSR count). The molecule has 1 aromatic carbocycles. The smallest absolute Gasteiger partial charge is 0.408 e. The summed E-state index contributed by atoms with van der Waals surface area (Å²) in [4.78, 5) is 28.5. The highest BCUT2D eigenvalue weighted by molar-refractivity contribution is 5.99. The Morgan fingerprint density at radius 1 is 1.19 bits per heavy atom. The van der Waals surface area contributed by atoms with E-state index in [2.05, 4.69) is 22.2 Å². The van der Waals surface area contributed by atoms with Crippen molar-refractivity contribution in [2.75, 3.05) is 11.9 Å². The van der Waals surface area contributed by atoms with Gasteiger partial charge >= 0.3 is 6.09 Å². The highest BCUT2D eigenvalue weighted by Gasteiger charge is 2.30. The van der Waals surface area contributed by atoms with Crippen LogP contribution in [0.1, 0.15) is 19.4 Å². The van der Waals surface area contributed by atoms with E-state index in [0.29, 0.717) is 18.2 Å². The first-order valence-corrected chi connectivity index (χ1v) is 8.41. The quantitative estimate of drug-likeness (QED) is 0.697. The number of alkyl carbamates (subject to hydrolysis) is 1. The third kappa shape index (κ3) is 6.47. The van der Waals surface area contributed by atoms with E-state index in [1.807, 2.05) is 30.3 Å². The van der Waals surface area contributed by atoms with Crippen LogP contribution in [0.15, 0.2) is 61.3 Å². The Bertz CT molecular complexity index is 774. The molecule has 0 aliphatic heterocycles. The molecule has 0 radical (unpaired) electrons. The molecule has 0 saturated carbocycles. The van der Waals surface area contributed by atoms with Crippen LogP contribution in [0.4, 0.5) is 10.5 Å². The number of amides is 2. The van der Waals surface area contributed by atoms with Crippen LogP contribution in [0.25, 0.3) is 0 Å². The first kappa shape index (κ1) is 20.0. The third-order valence-corrected chi connectivity index (χ3v) is 3.54. The molecule has 7 heteroatoms. The van der Waals surface area contributed by atoms with Crippen molar-refractivity contribution in [3.63, 3.8) is 0 Å². The fourth-order valence-electron chi connectivity index (χ4n) is 2.04. The summed E-state index contributed by atoms with van der Waals surface area (Å²) in [5.41, 5.74) is 0.171. The Morgan fingerprint density at radius 2 is 1.93 bits per heavy atom. The zero-order valence-corrected chi connectivity index (χ0v) is 15.4. The maximum absolute atomic E-state index is 12.4. The van der Waals surface area contributed by atoms with Crippen molar-refractivity contribution in [3.8, 4) is 5.88 Å². The van der Waals surface area contributed by atoms with Crippen LogP contribution in [-0.2, 0) is 16.1 Å². The number of anilines is 1. The van der Waals surface area contributed by atoms with E-state index in [9.17, 15) is 9.59 Å². The number of carbonyl (C=O) groups excluding carboxylic acids is 2. The summed E-state index contributed by atoms with van der Waals surface area (Å²) in [6, 6.07) is 12.6. The Labute approximate surface area is 158 Å². The minimum Gasteiger partial charge on any atom is -0.473 e. The van der Waals surface area contributed by atoms with Gasteiger partial charge in [0.2, 0.25) is 11.8 Å². The van der Waals surface area contributed by atoms with E-state index in [1.54, 1.807) is 32.1 Å². The number of ether oxygens (including phenoxy) is 2. The molecule has 2 amide bonds. The average Bonchev–Trinajstić information content (AvgIpc) is 2.66. The van der Waals surface area contributed by atoms with E-state index < -0.39 is 17.5 Å². The zero-order chi connectivity index (χ0) is 19.7. The molecule has 0 aliphatic carbocycles. The molecule has 7 nitrogen and oxygen atoms in total. The van der Waals surface area contributed by atoms with Crippen molar-refractivity contribution in [1.29, 1.82) is 0 Å². The molecular formula is C20H23N3O4. The van der Waals surface area contributed by atoms with Crippen LogP contribution in [0.3, 0.4) is 0 Å². The van der Waals surface area contributed by atoms with Gasteiger partial charge in [0.15, 0.2) is 0 Å². The van der Waals surface area contributed by atoms with Crippen LogP contribution in [0.2, 0.25) is 0 Å². The zero-order valence-electron chi connectivity index (χ0n) is 15.4. The minimum atomic E-state index is -1.17. The van der Waals surface area contributed by atoms with Gasteiger partial charge < -0.3 is 20.1 Å². The molecule has 2 N–H and O–H groups in total. The van der Waals surface area contributed by atoms with E-state index in [-0.39, 0.29) is 6.61 Å². The lowest BCUT2D eigenvalue weighted by Crippen LogP contribution is -2.52. The summed E-state index contributed by atoms with van der Waals surface area (Å²) in [6.45, 7) is 7.20. The van der Waals surface area contributed by atoms with Crippen molar-refractivity contribution in [3.05, 3.63) is 66.9 Å². The number of nitrogens with zero attached hydrogens (tertiary/aromatic N) is 1. The molecule has 1 aromatic heterocycles. The summed E-state index contributed by atoms with van der Waals surface area (Å²) >= 11 is 0. The number of rotatable bonds is 8. The second kappa shape index (κ2) is 9.38. The lowest BCUT2D eigenvalue weighted by Gasteiger charge is -2.24. The van der Waals surface area contributed by atoms with E-state index in [4.69, 9.17) is 9.47 Å². The molecule has 0 bridgehead atoms. The second-order valence-corrected chi connectivity index (χ2v) is 6.25. The van der Waals surface area contributed by atoms with Crippen LogP contribution in [0.5, 0.6) is 5.88 Å². The number of carbonyl (C=O) groups is 2. The summed E-state index contributed by atoms with van der Waals surface area (Å²) in [5, 5.41) is 5.25. The third-order valence-electron chi connectivity index (χ3n) is 3.54. The van der Waals surface area contributed by atoms with Crippen molar-refractivity contribution in [2.45, 2.75) is 26.0 Å². The molecule has 0 spiro atoms. The summed E-state index contributed by atoms with van der Waals surface area (Å²) in [7, 11) is 0. The molecular weight excluding hydrogens is 346 g/mol. The topological polar surface area (TPSA) is 89.6 Å². The summed E-state index contributed by atoms with van der Waals surface area (Å²) < 4.78 is 10.4. The average molecular weight is 369 g/mol. The van der Waals surface area contributed by atoms with Gasteiger partial charge in [-0.15, -0.1) is 0 Å². The number of aromatic nitrogens is 1. The fraction of sp³-hybridized carbons (Fsp3) is 0.250. The standard InChI is InChI=1S/C20H23N3O4/c1-4-12-26-17-11-10-16(13-21-17)22-18(24)20(2,3)23-19(25)27-14-15-8-6-5-7-9-15/h4-11,13H,1,12,14H2,2-3H3,(H,22,24)(H,23,25). The molecule has 0 saturated heterocycles. The van der Waals surface area contributed by atoms with Gasteiger partial charge in [0.25, 0.3) is 0 Å². The normalized spacial score (nSPS) is 10.6. The second-order valence-electron chi connectivity index (χ2n) is 6.25. The van der Waals surface area contributed by atoms with Gasteiger partial charge in [0.05, 0.1) is 11.9 Å². The van der Waals surface area contributed by atoms with Crippen molar-refractivity contribution < 1.29 is 19.1 Å². The Kier molecular flexibility index (Phi) is 6.93. The van der Waals surface area contributed by atoms with Gasteiger partial charge in [-0.05, 0) is 25.5 Å². The van der Waals surface area contributed by atoms with Crippen molar-refractivity contribution in [2.24, 2.45) is 0 Å². The van der Waals surface area contributed by atoms with Gasteiger partial charge in [-0.1, -0.05) is 43.0 Å². The maximum atomic E-state index is 12.4. The SMILES string of the molecule is C=CCOc1ccc(NC(=O)C(C)(C)NC(=O)OCc2ccccc2)cn1. The van der Waals surface area contributed by atoms with Crippen LogP contribution < -0.4 is 15.4 Å². The molecule has 1 heterocycles. The first-order valence-electron chi connectivity index (χ1n) is 8.41. The molecule has 0 aliphatic rings. The largest absolute Gasteiger partial charge is 0.473 e. The molecule has 27 heavy (non-hydrogen) atoms. The Balaban J connectivity index is 1.86. The first-order chi connectivity index (χ1) is 12.9. The minimum absolute atomic E-state index is 0.125. The van der Waals surface area contributed by atoms with Crippen LogP contribution in [0, 0.1) is 0 Å². The van der Waals surface area contributed by atoms with Gasteiger partial charge in [-0.2, -0.15) is 0 Å². The molecule has 2 aromatic rings. The number of benzene rings is 1. The highest BCUT2D eigenvalue weighted by Crippen LogP contribution is 2.14. The predicted octanol–water partition coefficient (Wildman–Crippen LogP) is 3.29. The number of nitrogens with one attached hydrogen (secondary N) is 2. The Hall–Kier alpha value is -3.35. The van der Waals surface area contributed by atoms with Gasteiger partial charge in [-0.25, -0.2) is 9.78 Å². The van der Waals surface area contributed by atoms with Crippen LogP contribution >= 0.6 is 0 Å². The summed E-state index contributed by atoms with van der Waals surface area (Å²) in [6.07, 6.45) is 2.41. The lowest BCUT2D eigenvalue weighted by molar-refractivity contribution is -0.121. The summed E-state index contributed by atoms with van der Waals surface area (Å²) in [5.74, 6) is 0.0236. The molecule has 142 valence electrons. The van der Waals surface area contributed by atoms with E-state index in [1.165, 1.54) is 6.20 Å². The molecule has 0 atom stereocenters. The van der Waals surface area contributed by atoms with E-state index in [0.717, 1.165) is 5.56 Å². The predicted molar refractivity (Wildman–Crippen MR) is 102 cm³/mol. The number of hydrogen-bond acceptors (Lipinski definition) is 5. The van der Waals surface area contributed by atoms with Gasteiger partial charge in [0, 0.05) is 6.07 Å². The Morgan fingerprint density at radius 3 is 2.56 bits per heavy atom. The lowest BCUT2D eigenvalue weighted by atomic mass is 10.1. The van der Waals surface area contributed by atoms with Crippen molar-refractivity contribution >= 4 is 17.7 Å². The molecule has 0 fully saturated rings.